The van der Waals surface area contributed by atoms with Gasteiger partial charge in [0, 0.05) is 13.1 Å². The highest BCUT2D eigenvalue weighted by atomic mass is 16.1. The molecule has 0 bridgehead atoms. The van der Waals surface area contributed by atoms with E-state index in [-0.39, 0.29) is 5.91 Å². The Hall–Kier alpha value is -0.610. The van der Waals surface area contributed by atoms with Crippen LogP contribution in [-0.2, 0) is 4.79 Å². The van der Waals surface area contributed by atoms with Crippen molar-refractivity contribution >= 4 is 5.91 Å². The van der Waals surface area contributed by atoms with E-state index in [2.05, 4.69) is 29.5 Å². The molecule has 4 nitrogen and oxygen atoms in total. The van der Waals surface area contributed by atoms with E-state index in [0.717, 1.165) is 26.1 Å². The van der Waals surface area contributed by atoms with Crippen molar-refractivity contribution in [2.24, 2.45) is 5.92 Å². The van der Waals surface area contributed by atoms with E-state index >= 15 is 0 Å². The molecule has 0 radical (unpaired) electrons. The van der Waals surface area contributed by atoms with Gasteiger partial charge in [0.25, 0.3) is 0 Å². The zero-order valence-corrected chi connectivity index (χ0v) is 10.6. The smallest absolute Gasteiger partial charge is 0.233 e. The molecule has 4 heteroatoms. The molecule has 1 fully saturated rings. The van der Waals surface area contributed by atoms with Crippen molar-refractivity contribution in [3.63, 3.8) is 0 Å². The van der Waals surface area contributed by atoms with Gasteiger partial charge in [-0.2, -0.15) is 0 Å². The Morgan fingerprint density at radius 2 is 2.31 bits per heavy atom. The minimum Gasteiger partial charge on any atom is -0.355 e. The van der Waals surface area contributed by atoms with Crippen LogP contribution in [0.15, 0.2) is 0 Å². The number of amides is 1. The molecule has 0 aromatic heterocycles. The Kier molecular flexibility index (Phi) is 6.42. The zero-order valence-electron chi connectivity index (χ0n) is 10.6. The van der Waals surface area contributed by atoms with Crippen LogP contribution < -0.4 is 10.6 Å². The van der Waals surface area contributed by atoms with Crippen LogP contribution in [0.2, 0.25) is 0 Å². The average molecular weight is 227 g/mol. The fourth-order valence-electron chi connectivity index (χ4n) is 2.14. The molecule has 1 unspecified atom stereocenters. The maximum atomic E-state index is 11.5. The monoisotopic (exact) mass is 227 g/mol. The Balaban J connectivity index is 2.06. The maximum absolute atomic E-state index is 11.5. The molecule has 1 heterocycles. The lowest BCUT2D eigenvalue weighted by Crippen LogP contribution is -2.41. The van der Waals surface area contributed by atoms with Crippen molar-refractivity contribution in [2.75, 3.05) is 39.8 Å². The molecule has 1 aliphatic heterocycles. The Bertz CT molecular complexity index is 208. The summed E-state index contributed by atoms with van der Waals surface area (Å²) in [5.41, 5.74) is 0. The van der Waals surface area contributed by atoms with E-state index < -0.39 is 0 Å². The molecule has 1 rings (SSSR count). The first-order valence-electron chi connectivity index (χ1n) is 6.38. The van der Waals surface area contributed by atoms with E-state index in [4.69, 9.17) is 0 Å². The van der Waals surface area contributed by atoms with Crippen molar-refractivity contribution < 1.29 is 4.79 Å². The third-order valence-corrected chi connectivity index (χ3v) is 3.02. The van der Waals surface area contributed by atoms with E-state index in [0.29, 0.717) is 12.5 Å². The topological polar surface area (TPSA) is 44.4 Å². The molecule has 0 aliphatic carbocycles. The highest BCUT2D eigenvalue weighted by molar-refractivity contribution is 5.77. The lowest BCUT2D eigenvalue weighted by Gasteiger charge is -2.29. The number of nitrogens with zero attached hydrogens (tertiary/aromatic N) is 1. The van der Waals surface area contributed by atoms with Gasteiger partial charge < -0.3 is 15.5 Å². The normalized spacial score (nSPS) is 22.0. The van der Waals surface area contributed by atoms with Crippen LogP contribution in [0.5, 0.6) is 0 Å². The number of carbonyl (C=O) groups excluding carboxylic acids is 1. The molecule has 0 aromatic carbocycles. The fourth-order valence-corrected chi connectivity index (χ4v) is 2.14. The second-order valence-corrected chi connectivity index (χ2v) is 4.75. The summed E-state index contributed by atoms with van der Waals surface area (Å²) >= 11 is 0. The van der Waals surface area contributed by atoms with Crippen LogP contribution in [0.1, 0.15) is 26.2 Å². The van der Waals surface area contributed by atoms with Crippen molar-refractivity contribution in [3.05, 3.63) is 0 Å². The number of piperidine rings is 1. The summed E-state index contributed by atoms with van der Waals surface area (Å²) in [5.74, 6) is 0.760. The van der Waals surface area contributed by atoms with Gasteiger partial charge in [0.2, 0.25) is 5.91 Å². The number of hydrogen-bond acceptors (Lipinski definition) is 3. The van der Waals surface area contributed by atoms with Crippen LogP contribution in [0.4, 0.5) is 0 Å². The summed E-state index contributed by atoms with van der Waals surface area (Å²) < 4.78 is 0. The number of carbonyl (C=O) groups is 1. The maximum Gasteiger partial charge on any atom is 0.233 e. The van der Waals surface area contributed by atoms with Gasteiger partial charge in [-0.25, -0.2) is 0 Å². The van der Waals surface area contributed by atoms with E-state index in [1.807, 2.05) is 0 Å². The zero-order chi connectivity index (χ0) is 11.8. The van der Waals surface area contributed by atoms with Gasteiger partial charge in [0.1, 0.15) is 0 Å². The molecular formula is C12H25N3O. The Morgan fingerprint density at radius 1 is 1.50 bits per heavy atom. The van der Waals surface area contributed by atoms with Crippen LogP contribution in [0.3, 0.4) is 0 Å². The quantitative estimate of drug-likeness (QED) is 0.647. The summed E-state index contributed by atoms with van der Waals surface area (Å²) in [6, 6.07) is 0. The first-order valence-corrected chi connectivity index (χ1v) is 6.38. The summed E-state index contributed by atoms with van der Waals surface area (Å²) in [7, 11) is 2.15. The molecular weight excluding hydrogens is 202 g/mol. The van der Waals surface area contributed by atoms with Gasteiger partial charge in [-0.1, -0.05) is 6.92 Å². The Morgan fingerprint density at radius 3 is 3.00 bits per heavy atom. The molecule has 1 saturated heterocycles. The SMILES string of the molecule is CCCNCC(=O)NCC1CCCN(C)C1. The van der Waals surface area contributed by atoms with E-state index in [1.54, 1.807) is 0 Å². The van der Waals surface area contributed by atoms with Crippen LogP contribution in [0, 0.1) is 5.92 Å². The number of likely N-dealkylation sites (tertiary alicyclic amines) is 1. The number of rotatable bonds is 6. The summed E-state index contributed by atoms with van der Waals surface area (Å²) in [6.07, 6.45) is 3.57. The highest BCUT2D eigenvalue weighted by Gasteiger charge is 2.17. The molecule has 16 heavy (non-hydrogen) atoms. The molecule has 2 N–H and O–H groups in total. The van der Waals surface area contributed by atoms with Gasteiger partial charge in [0.05, 0.1) is 6.54 Å². The number of nitrogens with one attached hydrogen (secondary N) is 2. The van der Waals surface area contributed by atoms with Gasteiger partial charge in [-0.15, -0.1) is 0 Å². The average Bonchev–Trinajstić information content (AvgIpc) is 2.27. The predicted octanol–water partition coefficient (Wildman–Crippen LogP) is 0.444. The van der Waals surface area contributed by atoms with Crippen molar-refractivity contribution in [3.8, 4) is 0 Å². The molecule has 1 aliphatic rings. The molecule has 0 spiro atoms. The lowest BCUT2D eigenvalue weighted by molar-refractivity contribution is -0.120. The molecule has 1 amide bonds. The second kappa shape index (κ2) is 7.63. The van der Waals surface area contributed by atoms with Crippen LogP contribution in [-0.4, -0.2) is 50.6 Å². The van der Waals surface area contributed by atoms with Gasteiger partial charge in [0.15, 0.2) is 0 Å². The van der Waals surface area contributed by atoms with E-state index in [9.17, 15) is 4.79 Å². The standard InChI is InChI=1S/C12H25N3O/c1-3-6-13-9-12(16)14-8-11-5-4-7-15(2)10-11/h11,13H,3-10H2,1-2H3,(H,14,16). The predicted molar refractivity (Wildman–Crippen MR) is 66.4 cm³/mol. The first-order chi connectivity index (χ1) is 7.72. The van der Waals surface area contributed by atoms with Crippen molar-refractivity contribution in [2.45, 2.75) is 26.2 Å². The first kappa shape index (κ1) is 13.5. The molecule has 1 atom stereocenters. The van der Waals surface area contributed by atoms with Crippen LogP contribution in [0.25, 0.3) is 0 Å². The van der Waals surface area contributed by atoms with Gasteiger partial charge in [-0.3, -0.25) is 4.79 Å². The van der Waals surface area contributed by atoms with Crippen LogP contribution >= 0.6 is 0 Å². The second-order valence-electron chi connectivity index (χ2n) is 4.75. The number of hydrogen-bond donors (Lipinski definition) is 2. The van der Waals surface area contributed by atoms with Crippen molar-refractivity contribution in [1.82, 2.24) is 15.5 Å². The van der Waals surface area contributed by atoms with Gasteiger partial charge >= 0.3 is 0 Å². The third kappa shape index (κ3) is 5.47. The highest BCUT2D eigenvalue weighted by Crippen LogP contribution is 2.13. The van der Waals surface area contributed by atoms with Crippen molar-refractivity contribution in [1.29, 1.82) is 0 Å². The fraction of sp³-hybridized carbons (Fsp3) is 0.917. The minimum absolute atomic E-state index is 0.127. The largest absolute Gasteiger partial charge is 0.355 e. The van der Waals surface area contributed by atoms with Gasteiger partial charge in [-0.05, 0) is 45.3 Å². The molecule has 94 valence electrons. The summed E-state index contributed by atoms with van der Waals surface area (Å²) in [4.78, 5) is 13.8. The summed E-state index contributed by atoms with van der Waals surface area (Å²) in [5, 5.41) is 6.11. The summed E-state index contributed by atoms with van der Waals surface area (Å²) in [6.45, 7) is 6.61. The molecule has 0 aromatic rings. The molecule has 0 saturated carbocycles. The van der Waals surface area contributed by atoms with E-state index in [1.165, 1.54) is 19.4 Å². The lowest BCUT2D eigenvalue weighted by atomic mass is 9.98. The minimum atomic E-state index is 0.127. The Labute approximate surface area is 98.8 Å². The third-order valence-electron chi connectivity index (χ3n) is 3.02.